The molecule has 4 nitrogen and oxygen atoms in total. The number of sulfonamides is 1. The molecule has 0 aliphatic heterocycles. The maximum absolute atomic E-state index is 12.3. The summed E-state index contributed by atoms with van der Waals surface area (Å²) in [6.45, 7) is 6.60. The molecule has 1 rings (SSSR count). The number of hydrogen-bond donors (Lipinski definition) is 1. The zero-order chi connectivity index (χ0) is 14.5. The Hall–Kier alpha value is -1.17. The lowest BCUT2D eigenvalue weighted by atomic mass is 10.1. The van der Waals surface area contributed by atoms with Crippen LogP contribution >= 0.6 is 0 Å². The lowest BCUT2D eigenvalue weighted by Crippen LogP contribution is -2.27. The second kappa shape index (κ2) is 6.84. The monoisotopic (exact) mass is 282 g/mol. The number of nitrogens with zero attached hydrogens (tertiary/aromatic N) is 1. The quantitative estimate of drug-likeness (QED) is 0.776. The minimum Gasteiger partial charge on any atom is -0.316 e. The SMILES string of the molecule is C=CCN(C)S(=O)(=O)c1ccc(CC)c(CNC)c1. The van der Waals surface area contributed by atoms with Gasteiger partial charge in [0.05, 0.1) is 4.90 Å². The summed E-state index contributed by atoms with van der Waals surface area (Å²) >= 11 is 0. The van der Waals surface area contributed by atoms with Crippen LogP contribution in [-0.4, -0.2) is 33.4 Å². The first-order valence-corrected chi connectivity index (χ1v) is 7.75. The molecule has 0 spiro atoms. The van der Waals surface area contributed by atoms with Crippen molar-refractivity contribution in [3.8, 4) is 0 Å². The van der Waals surface area contributed by atoms with E-state index in [4.69, 9.17) is 0 Å². The Morgan fingerprint density at radius 3 is 2.58 bits per heavy atom. The van der Waals surface area contributed by atoms with Gasteiger partial charge in [0.1, 0.15) is 0 Å². The summed E-state index contributed by atoms with van der Waals surface area (Å²) in [6.07, 6.45) is 2.46. The van der Waals surface area contributed by atoms with Crippen molar-refractivity contribution in [2.75, 3.05) is 20.6 Å². The zero-order valence-electron chi connectivity index (χ0n) is 11.8. The molecule has 0 aliphatic carbocycles. The van der Waals surface area contributed by atoms with Gasteiger partial charge in [-0.05, 0) is 36.7 Å². The average molecular weight is 282 g/mol. The van der Waals surface area contributed by atoms with Gasteiger partial charge in [0.15, 0.2) is 0 Å². The smallest absolute Gasteiger partial charge is 0.243 e. The van der Waals surface area contributed by atoms with Gasteiger partial charge in [0, 0.05) is 20.1 Å². The van der Waals surface area contributed by atoms with E-state index in [1.165, 1.54) is 9.87 Å². The van der Waals surface area contributed by atoms with Gasteiger partial charge in [0.2, 0.25) is 10.0 Å². The van der Waals surface area contributed by atoms with Gasteiger partial charge in [-0.1, -0.05) is 19.1 Å². The molecule has 0 amide bonds. The highest BCUT2D eigenvalue weighted by molar-refractivity contribution is 7.89. The third-order valence-corrected chi connectivity index (χ3v) is 4.84. The highest BCUT2D eigenvalue weighted by atomic mass is 32.2. The molecule has 1 aromatic carbocycles. The van der Waals surface area contributed by atoms with E-state index in [1.807, 2.05) is 13.1 Å². The molecule has 0 atom stereocenters. The van der Waals surface area contributed by atoms with Crippen molar-refractivity contribution >= 4 is 10.0 Å². The Labute approximate surface area is 116 Å². The fraction of sp³-hybridized carbons (Fsp3) is 0.429. The van der Waals surface area contributed by atoms with Gasteiger partial charge >= 0.3 is 0 Å². The van der Waals surface area contributed by atoms with E-state index in [2.05, 4.69) is 18.8 Å². The first-order chi connectivity index (χ1) is 8.97. The summed E-state index contributed by atoms with van der Waals surface area (Å²) in [6, 6.07) is 5.32. The summed E-state index contributed by atoms with van der Waals surface area (Å²) in [5, 5.41) is 3.07. The third kappa shape index (κ3) is 3.65. The number of aryl methyl sites for hydroxylation is 1. The van der Waals surface area contributed by atoms with Crippen LogP contribution in [0.25, 0.3) is 0 Å². The van der Waals surface area contributed by atoms with Crippen LogP contribution in [0, 0.1) is 0 Å². The summed E-state index contributed by atoms with van der Waals surface area (Å²) in [5.74, 6) is 0. The lowest BCUT2D eigenvalue weighted by molar-refractivity contribution is 0.499. The van der Waals surface area contributed by atoms with E-state index in [9.17, 15) is 8.42 Å². The molecule has 0 fully saturated rings. The fourth-order valence-corrected chi connectivity index (χ4v) is 3.12. The van der Waals surface area contributed by atoms with Crippen molar-refractivity contribution in [3.63, 3.8) is 0 Å². The molecule has 106 valence electrons. The molecule has 19 heavy (non-hydrogen) atoms. The molecular formula is C14H22N2O2S. The predicted molar refractivity (Wildman–Crippen MR) is 78.6 cm³/mol. The van der Waals surface area contributed by atoms with Crippen LogP contribution in [0.3, 0.4) is 0 Å². The number of likely N-dealkylation sites (N-methyl/N-ethyl adjacent to an activating group) is 1. The van der Waals surface area contributed by atoms with Crippen LogP contribution in [0.5, 0.6) is 0 Å². The zero-order valence-corrected chi connectivity index (χ0v) is 12.6. The molecule has 0 bridgehead atoms. The number of benzene rings is 1. The molecule has 1 aromatic rings. The van der Waals surface area contributed by atoms with E-state index in [1.54, 1.807) is 25.3 Å². The van der Waals surface area contributed by atoms with Crippen molar-refractivity contribution in [1.29, 1.82) is 0 Å². The highest BCUT2D eigenvalue weighted by Crippen LogP contribution is 2.19. The second-order valence-electron chi connectivity index (χ2n) is 4.39. The maximum Gasteiger partial charge on any atom is 0.243 e. The summed E-state index contributed by atoms with van der Waals surface area (Å²) < 4.78 is 26.0. The highest BCUT2D eigenvalue weighted by Gasteiger charge is 2.20. The van der Waals surface area contributed by atoms with Gasteiger partial charge < -0.3 is 5.32 Å². The normalized spacial score (nSPS) is 11.8. The van der Waals surface area contributed by atoms with Gasteiger partial charge in [-0.2, -0.15) is 4.31 Å². The second-order valence-corrected chi connectivity index (χ2v) is 6.43. The van der Waals surface area contributed by atoms with Gasteiger partial charge in [0.25, 0.3) is 0 Å². The van der Waals surface area contributed by atoms with Gasteiger partial charge in [-0.25, -0.2) is 8.42 Å². The number of rotatable bonds is 7. The van der Waals surface area contributed by atoms with Crippen LogP contribution < -0.4 is 5.32 Å². The Bertz CT molecular complexity index is 538. The first kappa shape index (κ1) is 15.9. The molecule has 0 heterocycles. The molecule has 0 aromatic heterocycles. The van der Waals surface area contributed by atoms with Crippen molar-refractivity contribution in [1.82, 2.24) is 9.62 Å². The largest absolute Gasteiger partial charge is 0.316 e. The van der Waals surface area contributed by atoms with E-state index in [0.717, 1.165) is 12.0 Å². The van der Waals surface area contributed by atoms with Gasteiger partial charge in [-0.3, -0.25) is 0 Å². The third-order valence-electron chi connectivity index (χ3n) is 3.02. The van der Waals surface area contributed by atoms with Crippen LogP contribution in [0.1, 0.15) is 18.1 Å². The minimum atomic E-state index is -3.43. The Morgan fingerprint density at radius 2 is 2.05 bits per heavy atom. The topological polar surface area (TPSA) is 49.4 Å². The van der Waals surface area contributed by atoms with Crippen molar-refractivity contribution in [2.45, 2.75) is 24.8 Å². The van der Waals surface area contributed by atoms with Crippen molar-refractivity contribution in [2.24, 2.45) is 0 Å². The van der Waals surface area contributed by atoms with Crippen LogP contribution in [-0.2, 0) is 23.0 Å². The van der Waals surface area contributed by atoms with Gasteiger partial charge in [-0.15, -0.1) is 6.58 Å². The fourth-order valence-electron chi connectivity index (χ4n) is 1.92. The minimum absolute atomic E-state index is 0.305. The summed E-state index contributed by atoms with van der Waals surface area (Å²) in [5.41, 5.74) is 2.19. The Kier molecular flexibility index (Phi) is 5.72. The van der Waals surface area contributed by atoms with Crippen LogP contribution in [0.4, 0.5) is 0 Å². The standard InChI is InChI=1S/C14H22N2O2S/c1-5-9-16(4)19(17,18)14-8-7-12(6-2)13(10-14)11-15-3/h5,7-8,10,15H,1,6,9,11H2,2-4H3. The first-order valence-electron chi connectivity index (χ1n) is 6.31. The molecule has 0 saturated heterocycles. The molecular weight excluding hydrogens is 260 g/mol. The summed E-state index contributed by atoms with van der Waals surface area (Å²) in [4.78, 5) is 0.333. The predicted octanol–water partition coefficient (Wildman–Crippen LogP) is 1.77. The average Bonchev–Trinajstić information content (AvgIpc) is 2.39. The van der Waals surface area contributed by atoms with Crippen LogP contribution in [0.2, 0.25) is 0 Å². The number of hydrogen-bond acceptors (Lipinski definition) is 3. The van der Waals surface area contributed by atoms with Crippen molar-refractivity contribution < 1.29 is 8.42 Å². The van der Waals surface area contributed by atoms with Crippen molar-refractivity contribution in [3.05, 3.63) is 42.0 Å². The van der Waals surface area contributed by atoms with Crippen LogP contribution in [0.15, 0.2) is 35.7 Å². The maximum atomic E-state index is 12.3. The van der Waals surface area contributed by atoms with E-state index in [-0.39, 0.29) is 0 Å². The molecule has 0 radical (unpaired) electrons. The summed E-state index contributed by atoms with van der Waals surface area (Å²) in [7, 11) is -0.0230. The van der Waals surface area contributed by atoms with E-state index in [0.29, 0.717) is 18.0 Å². The molecule has 0 unspecified atom stereocenters. The molecule has 0 saturated carbocycles. The van der Waals surface area contributed by atoms with E-state index < -0.39 is 10.0 Å². The number of nitrogens with one attached hydrogen (secondary N) is 1. The Morgan fingerprint density at radius 1 is 1.37 bits per heavy atom. The lowest BCUT2D eigenvalue weighted by Gasteiger charge is -2.17. The molecule has 5 heteroatoms. The Balaban J connectivity index is 3.20. The van der Waals surface area contributed by atoms with E-state index >= 15 is 0 Å². The molecule has 1 N–H and O–H groups in total. The molecule has 0 aliphatic rings.